The monoisotopic (exact) mass is 472 g/mol. The van der Waals surface area contributed by atoms with Crippen molar-refractivity contribution in [2.24, 2.45) is 0 Å². The fourth-order valence-electron chi connectivity index (χ4n) is 3.44. The van der Waals surface area contributed by atoms with Gasteiger partial charge in [0.15, 0.2) is 0 Å². The number of hydrogen-bond donors (Lipinski definition) is 1. The number of benzene rings is 2. The van der Waals surface area contributed by atoms with Crippen LogP contribution in [0.3, 0.4) is 0 Å². The Balaban J connectivity index is 0.00000480. The second-order valence-corrected chi connectivity index (χ2v) is 9.15. The number of aryl methyl sites for hydroxylation is 1. The summed E-state index contributed by atoms with van der Waals surface area (Å²) in [5.41, 5.74) is 1.24. The van der Waals surface area contributed by atoms with E-state index in [0.29, 0.717) is 5.75 Å². The summed E-state index contributed by atoms with van der Waals surface area (Å²) in [5.74, 6) is 0.00301. The minimum Gasteiger partial charge on any atom is -0.871 e. The van der Waals surface area contributed by atoms with Crippen molar-refractivity contribution in [3.63, 3.8) is 0 Å². The van der Waals surface area contributed by atoms with Gasteiger partial charge in [-0.2, -0.15) is 8.42 Å². The Bertz CT molecular complexity index is 866. The Hall–Kier alpha value is -0.414. The molecule has 0 fully saturated rings. The van der Waals surface area contributed by atoms with E-state index in [1.165, 1.54) is 75.8 Å². The average molecular weight is 473 g/mol. The molecule has 0 saturated heterocycles. The molecule has 0 saturated carbocycles. The molecule has 0 aliphatic carbocycles. The predicted molar refractivity (Wildman–Crippen MR) is 118 cm³/mol. The summed E-state index contributed by atoms with van der Waals surface area (Å²) in [7, 11) is -4.52. The fourth-order valence-corrected chi connectivity index (χ4v) is 3.99. The minimum absolute atomic E-state index is 0. The molecule has 0 aliphatic heterocycles. The van der Waals surface area contributed by atoms with E-state index in [-0.39, 0.29) is 57.1 Å². The Kier molecular flexibility index (Phi) is 14.2. The molecule has 0 bridgehead atoms. The van der Waals surface area contributed by atoms with Gasteiger partial charge in [0.25, 0.3) is 10.1 Å². The van der Waals surface area contributed by atoms with Gasteiger partial charge in [-0.15, -0.1) is 0 Å². The average Bonchev–Trinajstić information content (AvgIpc) is 2.70. The second-order valence-electron chi connectivity index (χ2n) is 7.76. The molecule has 0 amide bonds. The van der Waals surface area contributed by atoms with Crippen molar-refractivity contribution in [1.29, 1.82) is 0 Å². The van der Waals surface area contributed by atoms with Crippen molar-refractivity contribution in [2.45, 2.75) is 82.4 Å². The van der Waals surface area contributed by atoms with E-state index in [0.717, 1.165) is 18.6 Å². The molecular weight excluding hydrogens is 439 g/mol. The van der Waals surface area contributed by atoms with E-state index in [1.807, 2.05) is 24.3 Å². The van der Waals surface area contributed by atoms with Gasteiger partial charge in [0, 0.05) is 0 Å². The van der Waals surface area contributed by atoms with E-state index >= 15 is 0 Å². The zero-order chi connectivity index (χ0) is 21.8. The van der Waals surface area contributed by atoms with E-state index < -0.39 is 20.8 Å². The summed E-state index contributed by atoms with van der Waals surface area (Å²) < 4.78 is 36.8. The molecule has 1 N–H and O–H groups in total. The number of rotatable bonds is 14. The topological polar surface area (TPSA) is 86.7 Å². The van der Waals surface area contributed by atoms with Crippen LogP contribution in [0.4, 0.5) is 0 Å². The number of ether oxygens (including phenoxy) is 1. The standard InChI is InChI=1S/C24H34O5S.K/c1-2-3-4-5-6-7-8-9-10-11-12-20-13-15-21(16-14-20)29-22-17-18-24(23(25)19-22)30(26,27)28;/h13-19,25H,2-12H2,1H3,(H,26,27,28);/q;+1/p-1. The maximum atomic E-state index is 11.8. The molecule has 0 spiro atoms. The SMILES string of the molecule is CCCCCCCCCCCCc1ccc(Oc2ccc(S(=O)(=O)O)c([O-])c2)cc1.[K+]. The Labute approximate surface area is 229 Å². The summed E-state index contributed by atoms with van der Waals surface area (Å²) in [6.07, 6.45) is 14.2. The quantitative estimate of drug-likeness (QED) is 0.259. The minimum atomic E-state index is -4.52. The zero-order valence-electron chi connectivity index (χ0n) is 18.8. The van der Waals surface area contributed by atoms with Gasteiger partial charge in [-0.3, -0.25) is 4.55 Å². The van der Waals surface area contributed by atoms with Gasteiger partial charge in [0.2, 0.25) is 0 Å². The first-order chi connectivity index (χ1) is 14.4. The molecule has 2 rings (SSSR count). The zero-order valence-corrected chi connectivity index (χ0v) is 22.7. The Morgan fingerprint density at radius 2 is 1.32 bits per heavy atom. The van der Waals surface area contributed by atoms with Gasteiger partial charge in [0.05, 0.1) is 4.90 Å². The molecule has 7 heteroatoms. The van der Waals surface area contributed by atoms with Crippen LogP contribution in [0.25, 0.3) is 0 Å². The van der Waals surface area contributed by atoms with Gasteiger partial charge < -0.3 is 9.84 Å². The fraction of sp³-hybridized carbons (Fsp3) is 0.500. The summed E-state index contributed by atoms with van der Waals surface area (Å²) in [6, 6.07) is 11.1. The van der Waals surface area contributed by atoms with Crippen LogP contribution in [0.15, 0.2) is 47.4 Å². The molecule has 31 heavy (non-hydrogen) atoms. The van der Waals surface area contributed by atoms with Crippen LogP contribution in [-0.2, 0) is 16.5 Å². The first kappa shape index (κ1) is 28.6. The molecule has 0 aliphatic rings. The third-order valence-corrected chi connectivity index (χ3v) is 6.06. The van der Waals surface area contributed by atoms with Crippen molar-refractivity contribution in [1.82, 2.24) is 0 Å². The molecule has 5 nitrogen and oxygen atoms in total. The molecule has 166 valence electrons. The molecule has 0 unspecified atom stereocenters. The van der Waals surface area contributed by atoms with Crippen LogP contribution in [0.5, 0.6) is 17.2 Å². The first-order valence-corrected chi connectivity index (χ1v) is 12.4. The summed E-state index contributed by atoms with van der Waals surface area (Å²) in [5, 5.41) is 11.8. The van der Waals surface area contributed by atoms with Crippen molar-refractivity contribution >= 4 is 10.1 Å². The van der Waals surface area contributed by atoms with E-state index in [1.54, 1.807) is 0 Å². The third kappa shape index (κ3) is 11.3. The smallest absolute Gasteiger partial charge is 0.871 e. The van der Waals surface area contributed by atoms with Crippen LogP contribution in [0.2, 0.25) is 0 Å². The first-order valence-electron chi connectivity index (χ1n) is 11.0. The maximum Gasteiger partial charge on any atom is 1.00 e. The molecule has 2 aromatic rings. The van der Waals surface area contributed by atoms with Crippen LogP contribution in [0.1, 0.15) is 76.7 Å². The van der Waals surface area contributed by atoms with Crippen LogP contribution in [0, 0.1) is 0 Å². The van der Waals surface area contributed by atoms with E-state index in [4.69, 9.17) is 9.29 Å². The predicted octanol–water partition coefficient (Wildman–Crippen LogP) is 3.27. The molecule has 0 radical (unpaired) electrons. The van der Waals surface area contributed by atoms with Gasteiger partial charge >= 0.3 is 51.4 Å². The van der Waals surface area contributed by atoms with E-state index in [9.17, 15) is 13.5 Å². The molecular formula is C24H33KO5S. The van der Waals surface area contributed by atoms with Gasteiger partial charge in [-0.05, 0) is 48.7 Å². The Morgan fingerprint density at radius 1 is 0.806 bits per heavy atom. The van der Waals surface area contributed by atoms with Crippen LogP contribution >= 0.6 is 0 Å². The van der Waals surface area contributed by atoms with Gasteiger partial charge in [-0.25, -0.2) is 0 Å². The largest absolute Gasteiger partial charge is 1.00 e. The summed E-state index contributed by atoms with van der Waals surface area (Å²) in [6.45, 7) is 2.25. The van der Waals surface area contributed by atoms with Crippen molar-refractivity contribution < 1.29 is 74.2 Å². The summed E-state index contributed by atoms with van der Waals surface area (Å²) in [4.78, 5) is -0.651. The maximum absolute atomic E-state index is 11.8. The van der Waals surface area contributed by atoms with Crippen LogP contribution < -0.4 is 61.2 Å². The Morgan fingerprint density at radius 3 is 1.84 bits per heavy atom. The van der Waals surface area contributed by atoms with Gasteiger partial charge in [0.1, 0.15) is 11.5 Å². The van der Waals surface area contributed by atoms with E-state index in [2.05, 4.69) is 6.92 Å². The van der Waals surface area contributed by atoms with Crippen molar-refractivity contribution in [3.05, 3.63) is 48.0 Å². The van der Waals surface area contributed by atoms with Crippen molar-refractivity contribution in [2.75, 3.05) is 0 Å². The molecule has 2 aromatic carbocycles. The van der Waals surface area contributed by atoms with Crippen LogP contribution in [-0.4, -0.2) is 13.0 Å². The van der Waals surface area contributed by atoms with Gasteiger partial charge in [-0.1, -0.05) is 82.6 Å². The summed E-state index contributed by atoms with van der Waals surface area (Å²) >= 11 is 0. The number of unbranched alkanes of at least 4 members (excludes halogenated alkanes) is 9. The second kappa shape index (κ2) is 15.4. The third-order valence-electron chi connectivity index (χ3n) is 5.17. The normalized spacial score (nSPS) is 11.2. The van der Waals surface area contributed by atoms with Crippen molar-refractivity contribution in [3.8, 4) is 17.2 Å². The molecule has 0 aromatic heterocycles. The number of hydrogen-bond acceptors (Lipinski definition) is 4. The molecule has 0 atom stereocenters. The molecule has 0 heterocycles.